The lowest BCUT2D eigenvalue weighted by atomic mass is 10.2. The van der Waals surface area contributed by atoms with Crippen LogP contribution in [0.3, 0.4) is 0 Å². The van der Waals surface area contributed by atoms with Gasteiger partial charge in [-0.25, -0.2) is 19.2 Å². The lowest BCUT2D eigenvalue weighted by Gasteiger charge is -2.11. The molecule has 3 aromatic rings. The van der Waals surface area contributed by atoms with E-state index in [1.54, 1.807) is 6.07 Å². The molecule has 0 aliphatic carbocycles. The Morgan fingerprint density at radius 2 is 2.10 bits per heavy atom. The molecule has 0 atom stereocenters. The Morgan fingerprint density at radius 1 is 1.30 bits per heavy atom. The largest absolute Gasteiger partial charge is 0.487 e. The number of rotatable bonds is 8. The number of anilines is 2. The molecule has 0 bridgehead atoms. The lowest BCUT2D eigenvalue weighted by Crippen LogP contribution is -2.23. The van der Waals surface area contributed by atoms with Crippen LogP contribution in [0.4, 0.5) is 26.4 Å². The summed E-state index contributed by atoms with van der Waals surface area (Å²) >= 11 is 3.18. The summed E-state index contributed by atoms with van der Waals surface area (Å²) < 4.78 is 20.2. The number of aromatic nitrogens is 2. The molecule has 0 spiro atoms. The Kier molecular flexibility index (Phi) is 6.57. The monoisotopic (exact) mass is 479 g/mol. The molecule has 3 rings (SSSR count). The second-order valence-electron chi connectivity index (χ2n) is 6.00. The van der Waals surface area contributed by atoms with Gasteiger partial charge >= 0.3 is 11.8 Å². The molecule has 3 N–H and O–H groups in total. The predicted octanol–water partition coefficient (Wildman–Crippen LogP) is 4.22. The van der Waals surface area contributed by atoms with Crippen LogP contribution in [0, 0.1) is 15.9 Å². The highest BCUT2D eigenvalue weighted by Gasteiger charge is 2.19. The topological polar surface area (TPSA) is 140 Å². The van der Waals surface area contributed by atoms with Gasteiger partial charge in [0.2, 0.25) is 0 Å². The Labute approximate surface area is 177 Å². The molecular weight excluding hydrogens is 465 g/mol. The van der Waals surface area contributed by atoms with Crippen molar-refractivity contribution < 1.29 is 24.0 Å². The maximum absolute atomic E-state index is 14.2. The smallest absolute Gasteiger partial charge is 0.404 e. The van der Waals surface area contributed by atoms with Crippen LogP contribution in [-0.4, -0.2) is 39.2 Å². The molecule has 0 saturated heterocycles. The summed E-state index contributed by atoms with van der Waals surface area (Å²) in [5.41, 5.74) is 0.184. The van der Waals surface area contributed by atoms with Crippen LogP contribution in [0.5, 0.6) is 5.75 Å². The molecule has 30 heavy (non-hydrogen) atoms. The highest BCUT2D eigenvalue weighted by atomic mass is 79.9. The van der Waals surface area contributed by atoms with Crippen molar-refractivity contribution in [2.75, 3.05) is 18.5 Å². The third-order valence-corrected chi connectivity index (χ3v) is 4.45. The number of nitro groups is 1. The van der Waals surface area contributed by atoms with Gasteiger partial charge in [-0.1, -0.05) is 15.9 Å². The summed E-state index contributed by atoms with van der Waals surface area (Å²) in [4.78, 5) is 29.5. The zero-order chi connectivity index (χ0) is 21.7. The average molecular weight is 480 g/mol. The quantitative estimate of drug-likeness (QED) is 0.247. The number of benzene rings is 2. The molecule has 1 aromatic heterocycles. The van der Waals surface area contributed by atoms with Gasteiger partial charge in [0, 0.05) is 23.2 Å². The van der Waals surface area contributed by atoms with Crippen LogP contribution >= 0.6 is 15.9 Å². The number of nitrogens with zero attached hydrogens (tertiary/aromatic N) is 3. The highest BCUT2D eigenvalue weighted by Crippen LogP contribution is 2.35. The zero-order valence-corrected chi connectivity index (χ0v) is 16.8. The lowest BCUT2D eigenvalue weighted by molar-refractivity contribution is -0.385. The fourth-order valence-corrected chi connectivity index (χ4v) is 2.93. The molecular formula is C18H15BrFN5O5. The van der Waals surface area contributed by atoms with Crippen molar-refractivity contribution in [2.24, 2.45) is 0 Å². The molecule has 1 heterocycles. The summed E-state index contributed by atoms with van der Waals surface area (Å²) in [6.45, 7) is 0.207. The third-order valence-electron chi connectivity index (χ3n) is 3.95. The van der Waals surface area contributed by atoms with E-state index in [4.69, 9.17) is 9.84 Å². The van der Waals surface area contributed by atoms with E-state index in [1.165, 1.54) is 30.6 Å². The fraction of sp³-hybridized carbons (Fsp3) is 0.167. The standard InChI is InChI=1S/C18H15BrFN5O5/c19-10-2-3-13(12(20)6-10)24-17-11-7-15(25(28)29)16(8-14(11)22-9-23-17)30-5-1-4-21-18(26)27/h2-3,6-9,21H,1,4-5H2,(H,26,27)(H,22,23,24). The van der Waals surface area contributed by atoms with Crippen LogP contribution in [0.15, 0.2) is 41.1 Å². The van der Waals surface area contributed by atoms with E-state index in [1.807, 2.05) is 0 Å². The Morgan fingerprint density at radius 3 is 2.80 bits per heavy atom. The number of hydrogen-bond acceptors (Lipinski definition) is 7. The molecule has 156 valence electrons. The van der Waals surface area contributed by atoms with Crippen LogP contribution < -0.4 is 15.4 Å². The van der Waals surface area contributed by atoms with Gasteiger partial charge in [0.05, 0.1) is 28.1 Å². The van der Waals surface area contributed by atoms with E-state index < -0.39 is 16.8 Å². The number of fused-ring (bicyclic) bond motifs is 1. The predicted molar refractivity (Wildman–Crippen MR) is 110 cm³/mol. The number of halogens is 2. The molecule has 0 unspecified atom stereocenters. The van der Waals surface area contributed by atoms with Crippen molar-refractivity contribution in [3.8, 4) is 5.75 Å². The maximum atomic E-state index is 14.2. The molecule has 0 aliphatic heterocycles. The first-order valence-corrected chi connectivity index (χ1v) is 9.39. The number of nitro benzene ring substituents is 1. The van der Waals surface area contributed by atoms with Gasteiger partial charge in [0.15, 0.2) is 5.75 Å². The Bertz CT molecular complexity index is 1110. The van der Waals surface area contributed by atoms with E-state index in [9.17, 15) is 19.3 Å². The van der Waals surface area contributed by atoms with Gasteiger partial charge in [0.25, 0.3) is 0 Å². The van der Waals surface area contributed by atoms with Crippen molar-refractivity contribution in [3.63, 3.8) is 0 Å². The van der Waals surface area contributed by atoms with E-state index >= 15 is 0 Å². The first-order valence-electron chi connectivity index (χ1n) is 8.60. The van der Waals surface area contributed by atoms with Crippen molar-refractivity contribution in [1.82, 2.24) is 15.3 Å². The van der Waals surface area contributed by atoms with Crippen LogP contribution in [0.2, 0.25) is 0 Å². The van der Waals surface area contributed by atoms with E-state index in [-0.39, 0.29) is 36.1 Å². The van der Waals surface area contributed by atoms with Crippen molar-refractivity contribution >= 4 is 50.1 Å². The normalized spacial score (nSPS) is 10.6. The molecule has 2 aromatic carbocycles. The molecule has 0 fully saturated rings. The Hall–Kier alpha value is -3.54. The molecule has 1 amide bonds. The molecule has 12 heteroatoms. The van der Waals surface area contributed by atoms with Crippen LogP contribution in [-0.2, 0) is 0 Å². The Balaban J connectivity index is 1.89. The van der Waals surface area contributed by atoms with Crippen molar-refractivity contribution in [3.05, 3.63) is 57.1 Å². The third kappa shape index (κ3) is 5.08. The molecule has 0 saturated carbocycles. The summed E-state index contributed by atoms with van der Waals surface area (Å²) in [6.07, 6.45) is 0.403. The average Bonchev–Trinajstić information content (AvgIpc) is 2.69. The SMILES string of the molecule is O=C(O)NCCCOc1cc2ncnc(Nc3ccc(Br)cc3F)c2cc1[N+](=O)[O-]. The number of carbonyl (C=O) groups is 1. The summed E-state index contributed by atoms with van der Waals surface area (Å²) in [7, 11) is 0. The minimum Gasteiger partial charge on any atom is -0.487 e. The number of amides is 1. The summed E-state index contributed by atoms with van der Waals surface area (Å²) in [6, 6.07) is 7.06. The molecule has 0 aliphatic rings. The fourth-order valence-electron chi connectivity index (χ4n) is 2.60. The minimum atomic E-state index is -1.16. The second kappa shape index (κ2) is 9.31. The first-order chi connectivity index (χ1) is 14.3. The van der Waals surface area contributed by atoms with Gasteiger partial charge in [-0.2, -0.15) is 0 Å². The second-order valence-corrected chi connectivity index (χ2v) is 6.92. The number of hydrogen-bond donors (Lipinski definition) is 3. The zero-order valence-electron chi connectivity index (χ0n) is 15.3. The molecule has 0 radical (unpaired) electrons. The van der Waals surface area contributed by atoms with Crippen molar-refractivity contribution in [2.45, 2.75) is 6.42 Å². The molecule has 10 nitrogen and oxygen atoms in total. The summed E-state index contributed by atoms with van der Waals surface area (Å²) in [5, 5.41) is 25.4. The van der Waals surface area contributed by atoms with Crippen molar-refractivity contribution in [1.29, 1.82) is 0 Å². The number of ether oxygens (including phenoxy) is 1. The van der Waals surface area contributed by atoms with E-state index in [0.29, 0.717) is 21.8 Å². The number of carboxylic acid groups (broad SMARTS) is 1. The van der Waals surface area contributed by atoms with Gasteiger partial charge in [-0.05, 0) is 24.6 Å². The van der Waals surface area contributed by atoms with Gasteiger partial charge in [0.1, 0.15) is 18.0 Å². The van der Waals surface area contributed by atoms with E-state index in [0.717, 1.165) is 0 Å². The number of nitrogens with one attached hydrogen (secondary N) is 2. The van der Waals surface area contributed by atoms with Crippen LogP contribution in [0.1, 0.15) is 6.42 Å². The van der Waals surface area contributed by atoms with Gasteiger partial charge < -0.3 is 20.5 Å². The van der Waals surface area contributed by atoms with Crippen LogP contribution in [0.25, 0.3) is 10.9 Å². The first kappa shape index (κ1) is 21.2. The highest BCUT2D eigenvalue weighted by molar-refractivity contribution is 9.10. The minimum absolute atomic E-state index is 0.0118. The maximum Gasteiger partial charge on any atom is 0.404 e. The van der Waals surface area contributed by atoms with E-state index in [2.05, 4.69) is 36.5 Å². The summed E-state index contributed by atoms with van der Waals surface area (Å²) in [5.74, 6) is -0.343. The van der Waals surface area contributed by atoms with Gasteiger partial charge in [-0.3, -0.25) is 10.1 Å². The van der Waals surface area contributed by atoms with Gasteiger partial charge in [-0.15, -0.1) is 0 Å².